The van der Waals surface area contributed by atoms with Crippen molar-refractivity contribution in [2.75, 3.05) is 11.9 Å². The maximum Gasteiger partial charge on any atom is 0.269 e. The van der Waals surface area contributed by atoms with E-state index in [2.05, 4.69) is 42.5 Å². The van der Waals surface area contributed by atoms with E-state index in [1.54, 1.807) is 6.92 Å². The van der Waals surface area contributed by atoms with Crippen molar-refractivity contribution in [1.82, 2.24) is 5.32 Å². The van der Waals surface area contributed by atoms with Gasteiger partial charge in [-0.05, 0) is 71.3 Å². The number of rotatable bonds is 5. The maximum atomic E-state index is 12.1. The lowest BCUT2D eigenvalue weighted by molar-refractivity contribution is -0.384. The second-order valence-electron chi connectivity index (χ2n) is 5.58. The van der Waals surface area contributed by atoms with Crippen LogP contribution in [0.2, 0.25) is 0 Å². The van der Waals surface area contributed by atoms with E-state index in [0.29, 0.717) is 17.0 Å². The zero-order chi connectivity index (χ0) is 20.1. The Morgan fingerprint density at radius 3 is 2.52 bits per heavy atom. The first kappa shape index (κ1) is 21.3. The predicted molar refractivity (Wildman–Crippen MR) is 114 cm³/mol. The van der Waals surface area contributed by atoms with Crippen molar-refractivity contribution in [2.24, 2.45) is 0 Å². The first-order chi connectivity index (χ1) is 12.7. The Balaban J connectivity index is 1.93. The van der Waals surface area contributed by atoms with E-state index in [4.69, 9.17) is 17.0 Å². The van der Waals surface area contributed by atoms with Crippen LogP contribution in [0.25, 0.3) is 0 Å². The number of nitrogens with one attached hydrogen (secondary N) is 2. The molecule has 142 valence electrons. The van der Waals surface area contributed by atoms with E-state index in [9.17, 15) is 14.9 Å². The van der Waals surface area contributed by atoms with Crippen LogP contribution in [0.15, 0.2) is 39.3 Å². The molecule has 10 heteroatoms. The van der Waals surface area contributed by atoms with Crippen molar-refractivity contribution in [1.29, 1.82) is 0 Å². The van der Waals surface area contributed by atoms with Crippen LogP contribution in [-0.4, -0.2) is 22.5 Å². The number of nitro benzene ring substituents is 1. The van der Waals surface area contributed by atoms with Gasteiger partial charge in [0.2, 0.25) is 0 Å². The van der Waals surface area contributed by atoms with Gasteiger partial charge in [-0.15, -0.1) is 0 Å². The first-order valence-corrected chi connectivity index (χ1v) is 9.61. The minimum Gasteiger partial charge on any atom is -0.482 e. The number of aryl methyl sites for hydroxylation is 2. The van der Waals surface area contributed by atoms with Crippen molar-refractivity contribution < 1.29 is 14.5 Å². The van der Waals surface area contributed by atoms with E-state index in [0.717, 1.165) is 14.5 Å². The van der Waals surface area contributed by atoms with Gasteiger partial charge in [0.25, 0.3) is 11.6 Å². The molecule has 0 aliphatic rings. The van der Waals surface area contributed by atoms with Crippen LogP contribution in [-0.2, 0) is 4.79 Å². The summed E-state index contributed by atoms with van der Waals surface area (Å²) in [5, 5.41) is 16.2. The second kappa shape index (κ2) is 9.25. The van der Waals surface area contributed by atoms with Gasteiger partial charge < -0.3 is 10.1 Å². The number of ether oxygens (including phenoxy) is 1. The minimum atomic E-state index is -0.476. The van der Waals surface area contributed by atoms with Crippen LogP contribution in [0.4, 0.5) is 11.4 Å². The monoisotopic (exact) mass is 515 g/mol. The maximum absolute atomic E-state index is 12.1. The molecule has 7 nitrogen and oxygen atoms in total. The summed E-state index contributed by atoms with van der Waals surface area (Å²) < 4.78 is 7.18. The summed E-state index contributed by atoms with van der Waals surface area (Å²) in [7, 11) is 0. The molecule has 0 aromatic heterocycles. The number of hydrogen-bond acceptors (Lipinski definition) is 5. The van der Waals surface area contributed by atoms with Crippen molar-refractivity contribution in [2.45, 2.75) is 13.8 Å². The summed E-state index contributed by atoms with van der Waals surface area (Å²) in [5.74, 6) is 0.139. The molecular weight excluding hydrogens is 502 g/mol. The molecule has 0 aliphatic carbocycles. The Morgan fingerprint density at radius 2 is 1.93 bits per heavy atom. The third-order valence-corrected chi connectivity index (χ3v) is 4.71. The lowest BCUT2D eigenvalue weighted by Gasteiger charge is -2.13. The van der Waals surface area contributed by atoms with Gasteiger partial charge in [0.05, 0.1) is 9.40 Å². The molecule has 0 unspecified atom stereocenters. The summed E-state index contributed by atoms with van der Waals surface area (Å²) in [6.45, 7) is 3.35. The molecule has 0 spiro atoms. The fourth-order valence-electron chi connectivity index (χ4n) is 2.23. The number of non-ortho nitro benzene ring substituents is 1. The highest BCUT2D eigenvalue weighted by molar-refractivity contribution is 9.11. The van der Waals surface area contributed by atoms with Crippen LogP contribution in [0.5, 0.6) is 5.75 Å². The highest BCUT2D eigenvalue weighted by Gasteiger charge is 2.12. The molecule has 0 saturated heterocycles. The Kier molecular flexibility index (Phi) is 7.28. The van der Waals surface area contributed by atoms with E-state index < -0.39 is 10.8 Å². The van der Waals surface area contributed by atoms with Crippen LogP contribution in [0, 0.1) is 24.0 Å². The minimum absolute atomic E-state index is 0.0168. The van der Waals surface area contributed by atoms with E-state index in [1.807, 2.05) is 19.1 Å². The number of carbonyl (C=O) groups excluding carboxylic acids is 1. The highest BCUT2D eigenvalue weighted by atomic mass is 79.9. The quantitative estimate of drug-likeness (QED) is 0.342. The number of hydrogen-bond donors (Lipinski definition) is 2. The highest BCUT2D eigenvalue weighted by Crippen LogP contribution is 2.32. The van der Waals surface area contributed by atoms with E-state index in [1.165, 1.54) is 18.2 Å². The molecule has 2 rings (SSSR count). The zero-order valence-electron chi connectivity index (χ0n) is 14.3. The van der Waals surface area contributed by atoms with Gasteiger partial charge in [-0.3, -0.25) is 20.2 Å². The number of nitrogens with zero attached hydrogens (tertiary/aromatic N) is 1. The number of thiocarbonyl (C=S) groups is 1. The summed E-state index contributed by atoms with van der Waals surface area (Å²) in [4.78, 5) is 22.4. The average molecular weight is 517 g/mol. The Morgan fingerprint density at radius 1 is 1.22 bits per heavy atom. The average Bonchev–Trinajstić information content (AvgIpc) is 2.55. The summed E-state index contributed by atoms with van der Waals surface area (Å²) in [6, 6.07) is 8.01. The number of benzene rings is 2. The Labute approximate surface area is 177 Å². The van der Waals surface area contributed by atoms with Gasteiger partial charge in [-0.1, -0.05) is 15.9 Å². The van der Waals surface area contributed by atoms with Gasteiger partial charge in [0, 0.05) is 22.3 Å². The standard InChI is InChI=1S/C17H15Br2N3O4S/c1-9-6-12(22(24)25)3-4-14(9)20-17(27)21-15(23)8-26-16-10(2)5-11(18)7-13(16)19/h3-7H,8H2,1-2H3,(H2,20,21,23,27). The molecule has 27 heavy (non-hydrogen) atoms. The van der Waals surface area contributed by atoms with Crippen molar-refractivity contribution in [3.63, 3.8) is 0 Å². The Bertz CT molecular complexity index is 898. The molecule has 2 N–H and O–H groups in total. The molecule has 0 bridgehead atoms. The SMILES string of the molecule is Cc1cc([N+](=O)[O-])ccc1NC(=S)NC(=O)COc1c(C)cc(Br)cc1Br. The van der Waals surface area contributed by atoms with Crippen molar-refractivity contribution in [3.8, 4) is 5.75 Å². The molecule has 0 atom stereocenters. The molecule has 2 aromatic carbocycles. The lowest BCUT2D eigenvalue weighted by Crippen LogP contribution is -2.37. The predicted octanol–water partition coefficient (Wildman–Crippen LogP) is 4.63. The third-order valence-electron chi connectivity index (χ3n) is 3.46. The summed E-state index contributed by atoms with van der Waals surface area (Å²) in [5.41, 5.74) is 2.05. The Hall–Kier alpha value is -2.04. The van der Waals surface area contributed by atoms with Crippen LogP contribution >= 0.6 is 44.1 Å². The van der Waals surface area contributed by atoms with Crippen molar-refractivity contribution in [3.05, 3.63) is 60.5 Å². The topological polar surface area (TPSA) is 93.5 Å². The molecular formula is C17H15Br2N3O4S. The third kappa shape index (κ3) is 5.98. The lowest BCUT2D eigenvalue weighted by atomic mass is 10.2. The normalized spacial score (nSPS) is 10.2. The molecule has 0 heterocycles. The zero-order valence-corrected chi connectivity index (χ0v) is 18.3. The van der Waals surface area contributed by atoms with Gasteiger partial charge >= 0.3 is 0 Å². The number of amides is 1. The van der Waals surface area contributed by atoms with Crippen molar-refractivity contribution >= 4 is 66.5 Å². The second-order valence-corrected chi connectivity index (χ2v) is 7.76. The molecule has 2 aromatic rings. The smallest absolute Gasteiger partial charge is 0.269 e. The first-order valence-electron chi connectivity index (χ1n) is 7.61. The van der Waals surface area contributed by atoms with Gasteiger partial charge in [-0.25, -0.2) is 0 Å². The van der Waals surface area contributed by atoms with Gasteiger partial charge in [0.1, 0.15) is 5.75 Å². The fourth-order valence-corrected chi connectivity index (χ4v) is 4.00. The summed E-state index contributed by atoms with van der Waals surface area (Å²) >= 11 is 11.9. The largest absolute Gasteiger partial charge is 0.482 e. The number of carbonyl (C=O) groups is 1. The van der Waals surface area contributed by atoms with E-state index in [-0.39, 0.29) is 17.4 Å². The van der Waals surface area contributed by atoms with Gasteiger partial charge in [0.15, 0.2) is 11.7 Å². The molecule has 1 amide bonds. The number of anilines is 1. The number of halogens is 2. The molecule has 0 aliphatic heterocycles. The fraction of sp³-hybridized carbons (Fsp3) is 0.176. The van der Waals surface area contributed by atoms with Crippen LogP contribution < -0.4 is 15.4 Å². The van der Waals surface area contributed by atoms with E-state index >= 15 is 0 Å². The molecule has 0 fully saturated rings. The summed E-state index contributed by atoms with van der Waals surface area (Å²) in [6.07, 6.45) is 0. The van der Waals surface area contributed by atoms with Gasteiger partial charge in [-0.2, -0.15) is 0 Å². The number of nitro groups is 1. The van der Waals surface area contributed by atoms with Crippen LogP contribution in [0.1, 0.15) is 11.1 Å². The molecule has 0 radical (unpaired) electrons. The van der Waals surface area contributed by atoms with Crippen LogP contribution in [0.3, 0.4) is 0 Å². The molecule has 0 saturated carbocycles.